The fourth-order valence-electron chi connectivity index (χ4n) is 4.84. The summed E-state index contributed by atoms with van der Waals surface area (Å²) in [6.07, 6.45) is 4.99. The van der Waals surface area contributed by atoms with Crippen LogP contribution in [0.15, 0.2) is 91.4 Å². The molecule has 0 saturated heterocycles. The molecule has 6 aromatic rings. The number of aromatic nitrogens is 4. The Morgan fingerprint density at radius 1 is 1.00 bits per heavy atom. The van der Waals surface area contributed by atoms with E-state index in [9.17, 15) is 4.79 Å². The van der Waals surface area contributed by atoms with E-state index >= 15 is 4.39 Å². The number of fused-ring (bicyclic) bond motifs is 1. The predicted molar refractivity (Wildman–Crippen MR) is 173 cm³/mol. The van der Waals surface area contributed by atoms with Crippen molar-refractivity contribution >= 4 is 38.8 Å². The Morgan fingerprint density at radius 3 is 2.55 bits per heavy atom. The van der Waals surface area contributed by atoms with Gasteiger partial charge in [0, 0.05) is 56.9 Å². The maximum absolute atomic E-state index is 15.6. The Kier molecular flexibility index (Phi) is 7.59. The number of benzene rings is 2. The van der Waals surface area contributed by atoms with Crippen LogP contribution >= 0.6 is 11.3 Å². The first-order valence-electron chi connectivity index (χ1n) is 13.7. The number of amides is 1. The first-order valence-corrected chi connectivity index (χ1v) is 14.5. The van der Waals surface area contributed by atoms with Crippen molar-refractivity contribution in [2.45, 2.75) is 20.8 Å². The molecule has 0 aliphatic rings. The molecule has 2 aromatic carbocycles. The van der Waals surface area contributed by atoms with Crippen LogP contribution in [0.4, 0.5) is 15.9 Å². The number of anilines is 2. The standard InChI is InChI=1S/C34H27FN6O2S/c1-18(2)33(42)41-22-9-10-23(19(3)15-22)30-28(21-8-11-27(25(35)16-21)43-34-38-14-12-20(4)40-34)29-31(44-30)24(17-39-32(29)36)26-7-5-6-13-37-26/h5-17H,1H2,2-4H3,(H2,36,39)(H,41,42). The van der Waals surface area contributed by atoms with Crippen molar-refractivity contribution in [3.05, 3.63) is 108 Å². The van der Waals surface area contributed by atoms with Crippen molar-refractivity contribution in [1.82, 2.24) is 19.9 Å². The quantitative estimate of drug-likeness (QED) is 0.177. The van der Waals surface area contributed by atoms with E-state index in [1.54, 1.807) is 50.6 Å². The van der Waals surface area contributed by atoms with E-state index in [1.165, 1.54) is 17.4 Å². The molecule has 0 bridgehead atoms. The number of nitrogen functional groups attached to an aromatic ring is 1. The second-order valence-electron chi connectivity index (χ2n) is 10.3. The molecule has 218 valence electrons. The van der Waals surface area contributed by atoms with Crippen molar-refractivity contribution in [1.29, 1.82) is 0 Å². The molecular formula is C34H27FN6O2S. The molecule has 0 aliphatic heterocycles. The topological polar surface area (TPSA) is 116 Å². The molecule has 4 heterocycles. The highest BCUT2D eigenvalue weighted by molar-refractivity contribution is 7.23. The lowest BCUT2D eigenvalue weighted by Crippen LogP contribution is -2.11. The van der Waals surface area contributed by atoms with E-state index in [4.69, 9.17) is 10.5 Å². The molecule has 0 spiro atoms. The second-order valence-corrected chi connectivity index (χ2v) is 11.3. The van der Waals surface area contributed by atoms with Gasteiger partial charge in [-0.2, -0.15) is 0 Å². The normalized spacial score (nSPS) is 11.0. The average molecular weight is 603 g/mol. The number of ether oxygens (including phenoxy) is 1. The van der Waals surface area contributed by atoms with Crippen LogP contribution < -0.4 is 15.8 Å². The van der Waals surface area contributed by atoms with Gasteiger partial charge in [0.25, 0.3) is 5.91 Å². The summed E-state index contributed by atoms with van der Waals surface area (Å²) in [4.78, 5) is 30.5. The highest BCUT2D eigenvalue weighted by Gasteiger charge is 2.24. The van der Waals surface area contributed by atoms with Crippen LogP contribution in [0.25, 0.3) is 42.9 Å². The molecular weight excluding hydrogens is 575 g/mol. The molecule has 1 amide bonds. The molecule has 0 aliphatic carbocycles. The van der Waals surface area contributed by atoms with Gasteiger partial charge >= 0.3 is 6.01 Å². The molecule has 0 unspecified atom stereocenters. The van der Waals surface area contributed by atoms with E-state index in [0.717, 1.165) is 37.5 Å². The Morgan fingerprint density at radius 2 is 1.84 bits per heavy atom. The van der Waals surface area contributed by atoms with Gasteiger partial charge in [0.05, 0.1) is 10.4 Å². The lowest BCUT2D eigenvalue weighted by Gasteiger charge is -2.13. The summed E-state index contributed by atoms with van der Waals surface area (Å²) in [5.41, 5.74) is 13.0. The smallest absolute Gasteiger partial charge is 0.322 e. The zero-order valence-corrected chi connectivity index (χ0v) is 25.0. The summed E-state index contributed by atoms with van der Waals surface area (Å²) in [6.45, 7) is 9.13. The van der Waals surface area contributed by atoms with E-state index in [0.29, 0.717) is 33.7 Å². The highest BCUT2D eigenvalue weighted by Crippen LogP contribution is 2.50. The highest BCUT2D eigenvalue weighted by atomic mass is 32.1. The van der Waals surface area contributed by atoms with Crippen LogP contribution in [0.2, 0.25) is 0 Å². The van der Waals surface area contributed by atoms with Crippen molar-refractivity contribution in [3.63, 3.8) is 0 Å². The third-order valence-corrected chi connectivity index (χ3v) is 8.25. The summed E-state index contributed by atoms with van der Waals surface area (Å²) in [5.74, 6) is -0.532. The summed E-state index contributed by atoms with van der Waals surface area (Å²) in [5, 5.41) is 3.56. The maximum atomic E-state index is 15.6. The molecule has 0 radical (unpaired) electrons. The van der Waals surface area contributed by atoms with Crippen LogP contribution in [0.1, 0.15) is 18.2 Å². The molecule has 44 heavy (non-hydrogen) atoms. The summed E-state index contributed by atoms with van der Waals surface area (Å²) >= 11 is 1.53. The van der Waals surface area contributed by atoms with Gasteiger partial charge in [0.15, 0.2) is 11.6 Å². The predicted octanol–water partition coefficient (Wildman–Crippen LogP) is 8.13. The van der Waals surface area contributed by atoms with E-state index in [2.05, 4.69) is 31.8 Å². The largest absolute Gasteiger partial charge is 0.421 e. The molecule has 8 nitrogen and oxygen atoms in total. The van der Waals surface area contributed by atoms with E-state index in [-0.39, 0.29) is 17.7 Å². The van der Waals surface area contributed by atoms with Gasteiger partial charge in [-0.3, -0.25) is 9.78 Å². The number of rotatable bonds is 7. The SMILES string of the molecule is C=C(C)C(=O)Nc1ccc(-c2sc3c(-c4ccccn4)cnc(N)c3c2-c2ccc(Oc3nccc(C)n3)c(F)c2)c(C)c1. The van der Waals surface area contributed by atoms with Gasteiger partial charge in [-0.05, 0) is 79.9 Å². The summed E-state index contributed by atoms with van der Waals surface area (Å²) in [7, 11) is 0. The minimum atomic E-state index is -0.583. The van der Waals surface area contributed by atoms with Crippen molar-refractivity contribution in [2.75, 3.05) is 11.1 Å². The van der Waals surface area contributed by atoms with Gasteiger partial charge in [0.1, 0.15) is 5.82 Å². The number of hydrogen-bond acceptors (Lipinski definition) is 8. The minimum Gasteiger partial charge on any atom is -0.421 e. The molecule has 3 N–H and O–H groups in total. The number of thiophene rings is 1. The number of nitrogens with zero attached hydrogens (tertiary/aromatic N) is 4. The van der Waals surface area contributed by atoms with Gasteiger partial charge in [-0.1, -0.05) is 24.8 Å². The fraction of sp³-hybridized carbons (Fsp3) is 0.0882. The average Bonchev–Trinajstić information content (AvgIpc) is 3.40. The molecule has 0 fully saturated rings. The summed E-state index contributed by atoms with van der Waals surface area (Å²) in [6, 6.07) is 17.9. The van der Waals surface area contributed by atoms with Crippen LogP contribution in [0.3, 0.4) is 0 Å². The second kappa shape index (κ2) is 11.7. The van der Waals surface area contributed by atoms with Crippen molar-refractivity contribution in [3.8, 4) is 44.6 Å². The third-order valence-electron chi connectivity index (χ3n) is 6.99. The zero-order valence-electron chi connectivity index (χ0n) is 24.2. The number of halogens is 1. The molecule has 6 rings (SSSR count). The van der Waals surface area contributed by atoms with E-state index < -0.39 is 5.82 Å². The number of carbonyl (C=O) groups excluding carboxylic acids is 1. The van der Waals surface area contributed by atoms with Crippen LogP contribution in [0.5, 0.6) is 11.8 Å². The van der Waals surface area contributed by atoms with Crippen molar-refractivity contribution < 1.29 is 13.9 Å². The van der Waals surface area contributed by atoms with E-state index in [1.807, 2.05) is 43.3 Å². The molecule has 10 heteroatoms. The maximum Gasteiger partial charge on any atom is 0.322 e. The minimum absolute atomic E-state index is 0.00510. The third kappa shape index (κ3) is 5.50. The summed E-state index contributed by atoms with van der Waals surface area (Å²) < 4.78 is 22.2. The number of hydrogen-bond donors (Lipinski definition) is 2. The van der Waals surface area contributed by atoms with Gasteiger partial charge in [-0.15, -0.1) is 11.3 Å². The van der Waals surface area contributed by atoms with Gasteiger partial charge in [-0.25, -0.2) is 19.3 Å². The number of carbonyl (C=O) groups is 1. The van der Waals surface area contributed by atoms with Gasteiger partial charge < -0.3 is 15.8 Å². The van der Waals surface area contributed by atoms with Crippen LogP contribution in [0, 0.1) is 19.7 Å². The zero-order chi connectivity index (χ0) is 31.0. The number of nitrogens with one attached hydrogen (secondary N) is 1. The Hall–Kier alpha value is -5.48. The Bertz CT molecular complexity index is 2080. The fourth-order valence-corrected chi connectivity index (χ4v) is 6.28. The first-order chi connectivity index (χ1) is 21.2. The Labute approximate surface area is 257 Å². The monoisotopic (exact) mass is 602 g/mol. The van der Waals surface area contributed by atoms with Gasteiger partial charge in [0.2, 0.25) is 0 Å². The lowest BCUT2D eigenvalue weighted by molar-refractivity contribution is -0.112. The molecule has 0 saturated carbocycles. The van der Waals surface area contributed by atoms with Crippen LogP contribution in [-0.4, -0.2) is 25.8 Å². The Balaban J connectivity index is 1.54. The number of aryl methyl sites for hydroxylation is 2. The van der Waals surface area contributed by atoms with Crippen LogP contribution in [-0.2, 0) is 4.79 Å². The lowest BCUT2D eigenvalue weighted by atomic mass is 9.95. The molecule has 0 atom stereocenters. The van der Waals surface area contributed by atoms with Crippen molar-refractivity contribution in [2.24, 2.45) is 0 Å². The number of pyridine rings is 2. The first kappa shape index (κ1) is 28.6. The number of nitrogens with two attached hydrogens (primary N) is 1. The molecule has 4 aromatic heterocycles.